The molecule has 1 aromatic heterocycles. The van der Waals surface area contributed by atoms with Crippen molar-refractivity contribution in [1.29, 1.82) is 0 Å². The van der Waals surface area contributed by atoms with Gasteiger partial charge < -0.3 is 35.1 Å². The standard InChI is InChI=1S/C28H36N4O8/c1-39-30-21-14-24(32-22(27(36)37)15-29-31-32)28(38)26-19(21)12-16(6-2-4-10-33)18(7-3-5-11-34)25(26)20-13-17(35)8-9-23(20)40-28/h8-9,12-13,15-16,18,24-26,33-35,38H,2-7,10-11,14H2,1H3,(H,36,37)/t16-,18+,24-,25+,26+,28+/m0/s1. The molecule has 5 rings (SSSR count). The number of phenolic OH excluding ortho intramolecular Hbond substituents is 1. The Morgan fingerprint density at radius 1 is 1.20 bits per heavy atom. The molecule has 12 heteroatoms. The van der Waals surface area contributed by atoms with Gasteiger partial charge in [0, 0.05) is 31.1 Å². The van der Waals surface area contributed by atoms with Crippen LogP contribution < -0.4 is 4.74 Å². The fourth-order valence-electron chi connectivity index (χ4n) is 6.95. The Hall–Kier alpha value is -3.48. The average molecular weight is 557 g/mol. The van der Waals surface area contributed by atoms with Gasteiger partial charge in [-0.15, -0.1) is 5.10 Å². The first kappa shape index (κ1) is 28.1. The summed E-state index contributed by atoms with van der Waals surface area (Å²) in [6.45, 7) is 0.162. The number of carboxylic acid groups (broad SMARTS) is 1. The van der Waals surface area contributed by atoms with E-state index in [0.29, 0.717) is 24.3 Å². The number of hydrogen-bond donors (Lipinski definition) is 5. The highest BCUT2D eigenvalue weighted by Crippen LogP contribution is 2.62. The van der Waals surface area contributed by atoms with E-state index in [1.807, 2.05) is 0 Å². The molecule has 12 nitrogen and oxygen atoms in total. The normalized spacial score (nSPS) is 29.8. The van der Waals surface area contributed by atoms with E-state index in [9.17, 15) is 30.3 Å². The molecule has 0 amide bonds. The van der Waals surface area contributed by atoms with Crippen LogP contribution in [0.5, 0.6) is 11.5 Å². The molecule has 0 unspecified atom stereocenters. The number of allylic oxidation sites excluding steroid dienone is 1. The zero-order chi connectivity index (χ0) is 28.4. The fourth-order valence-corrected chi connectivity index (χ4v) is 6.95. The molecule has 0 spiro atoms. The van der Waals surface area contributed by atoms with Crippen molar-refractivity contribution in [3.8, 4) is 11.5 Å². The molecule has 1 aromatic carbocycles. The molecule has 0 saturated heterocycles. The maximum atomic E-state index is 12.6. The van der Waals surface area contributed by atoms with E-state index in [1.165, 1.54) is 17.9 Å². The summed E-state index contributed by atoms with van der Waals surface area (Å²) >= 11 is 0. The summed E-state index contributed by atoms with van der Waals surface area (Å²) in [5, 5.41) is 64.0. The van der Waals surface area contributed by atoms with Gasteiger partial charge in [-0.2, -0.15) is 0 Å². The number of aromatic nitrogens is 3. The van der Waals surface area contributed by atoms with Crippen LogP contribution in [0.2, 0.25) is 0 Å². The van der Waals surface area contributed by atoms with Crippen molar-refractivity contribution in [2.75, 3.05) is 20.3 Å². The van der Waals surface area contributed by atoms with Crippen LogP contribution in [0.4, 0.5) is 0 Å². The quantitative estimate of drug-likeness (QED) is 0.204. The molecule has 0 radical (unpaired) electrons. The third kappa shape index (κ3) is 4.84. The van der Waals surface area contributed by atoms with Gasteiger partial charge in [0.1, 0.15) is 24.7 Å². The van der Waals surface area contributed by atoms with Crippen LogP contribution in [0.3, 0.4) is 0 Å². The lowest BCUT2D eigenvalue weighted by molar-refractivity contribution is -0.225. The van der Waals surface area contributed by atoms with Crippen LogP contribution in [0, 0.1) is 17.8 Å². The molecule has 2 heterocycles. The number of ether oxygens (including phenoxy) is 1. The van der Waals surface area contributed by atoms with E-state index in [2.05, 4.69) is 21.5 Å². The van der Waals surface area contributed by atoms with Gasteiger partial charge in [-0.1, -0.05) is 29.3 Å². The van der Waals surface area contributed by atoms with Gasteiger partial charge in [-0.3, -0.25) is 0 Å². The number of hydrogen-bond acceptors (Lipinski definition) is 10. The first-order valence-electron chi connectivity index (χ1n) is 13.8. The van der Waals surface area contributed by atoms with Gasteiger partial charge in [-0.25, -0.2) is 9.48 Å². The van der Waals surface area contributed by atoms with Crippen LogP contribution in [0.1, 0.15) is 73.0 Å². The van der Waals surface area contributed by atoms with E-state index < -0.39 is 23.7 Å². The van der Waals surface area contributed by atoms with Crippen LogP contribution >= 0.6 is 0 Å². The van der Waals surface area contributed by atoms with Crippen LogP contribution in [-0.4, -0.2) is 78.3 Å². The van der Waals surface area contributed by atoms with Gasteiger partial charge in [-0.05, 0) is 61.3 Å². The minimum atomic E-state index is -1.92. The third-order valence-electron chi connectivity index (χ3n) is 8.55. The molecule has 1 aliphatic heterocycles. The van der Waals surface area contributed by atoms with E-state index >= 15 is 0 Å². The number of nitrogens with zero attached hydrogens (tertiary/aromatic N) is 4. The van der Waals surface area contributed by atoms with Crippen LogP contribution in [0.25, 0.3) is 0 Å². The molecule has 0 bridgehead atoms. The van der Waals surface area contributed by atoms with E-state index in [-0.39, 0.29) is 48.8 Å². The van der Waals surface area contributed by atoms with Gasteiger partial charge >= 0.3 is 5.97 Å². The number of rotatable bonds is 11. The largest absolute Gasteiger partial charge is 0.508 e. The topological polar surface area (TPSA) is 180 Å². The number of fused-ring (bicyclic) bond motifs is 2. The van der Waals surface area contributed by atoms with Crippen LogP contribution in [0.15, 0.2) is 41.2 Å². The van der Waals surface area contributed by atoms with Gasteiger partial charge in [0.25, 0.3) is 0 Å². The summed E-state index contributed by atoms with van der Waals surface area (Å²) in [6.07, 6.45) is 7.71. The summed E-state index contributed by atoms with van der Waals surface area (Å²) in [7, 11) is 1.43. The van der Waals surface area contributed by atoms with Crippen molar-refractivity contribution >= 4 is 11.7 Å². The minimum absolute atomic E-state index is 0.00722. The van der Waals surface area contributed by atoms with Crippen molar-refractivity contribution in [3.05, 3.63) is 47.3 Å². The maximum Gasteiger partial charge on any atom is 0.355 e. The summed E-state index contributed by atoms with van der Waals surface area (Å²) in [6, 6.07) is 3.79. The number of oxime groups is 1. The number of phenols is 1. The Morgan fingerprint density at radius 3 is 2.65 bits per heavy atom. The molecule has 2 aliphatic carbocycles. The molecule has 1 fully saturated rings. The second-order valence-corrected chi connectivity index (χ2v) is 10.8. The molecular weight excluding hydrogens is 520 g/mol. The molecular formula is C28H36N4O8. The number of benzene rings is 1. The predicted octanol–water partition coefficient (Wildman–Crippen LogP) is 2.61. The molecule has 6 atom stereocenters. The smallest absolute Gasteiger partial charge is 0.355 e. The number of carboxylic acids is 1. The van der Waals surface area contributed by atoms with E-state index in [4.69, 9.17) is 9.57 Å². The Balaban J connectivity index is 1.72. The van der Waals surface area contributed by atoms with E-state index in [1.54, 1.807) is 12.1 Å². The number of unbranched alkanes of at least 4 members (excludes halogenated alkanes) is 2. The second-order valence-electron chi connectivity index (χ2n) is 10.8. The summed E-state index contributed by atoms with van der Waals surface area (Å²) in [5.41, 5.74) is 1.85. The van der Waals surface area contributed by atoms with Crippen molar-refractivity contribution in [1.82, 2.24) is 15.0 Å². The Morgan fingerprint density at radius 2 is 1.95 bits per heavy atom. The highest BCUT2D eigenvalue weighted by Gasteiger charge is 2.63. The lowest BCUT2D eigenvalue weighted by Gasteiger charge is -2.56. The summed E-state index contributed by atoms with van der Waals surface area (Å²) in [5.74, 6) is -3.67. The highest BCUT2D eigenvalue weighted by molar-refractivity contribution is 6.02. The molecule has 1 saturated carbocycles. The Labute approximate surface area is 231 Å². The van der Waals surface area contributed by atoms with Gasteiger partial charge in [0.2, 0.25) is 5.79 Å². The van der Waals surface area contributed by atoms with Crippen molar-refractivity contribution in [2.24, 2.45) is 22.9 Å². The number of aliphatic hydroxyl groups excluding tert-OH is 2. The lowest BCUT2D eigenvalue weighted by atomic mass is 9.55. The average Bonchev–Trinajstić information content (AvgIpc) is 3.42. The number of carbonyl (C=O) groups is 1. The molecule has 40 heavy (non-hydrogen) atoms. The molecule has 2 aromatic rings. The SMILES string of the molecule is CON=C1C[C@H](n2nncc2C(=O)O)[C@@]2(O)Oc3ccc(O)cc3[C@H]3[C@H](CCCCO)[C@@H](CCCCO)C=C1[C@H]32. The Kier molecular flexibility index (Phi) is 8.11. The minimum Gasteiger partial charge on any atom is -0.508 e. The van der Waals surface area contributed by atoms with E-state index in [0.717, 1.165) is 43.0 Å². The Bertz CT molecular complexity index is 1290. The van der Waals surface area contributed by atoms with Crippen molar-refractivity contribution in [2.45, 2.75) is 62.7 Å². The highest BCUT2D eigenvalue weighted by atomic mass is 16.6. The number of aromatic hydroxyl groups is 1. The van der Waals surface area contributed by atoms with Gasteiger partial charge in [0.05, 0.1) is 17.8 Å². The zero-order valence-corrected chi connectivity index (χ0v) is 22.4. The predicted molar refractivity (Wildman–Crippen MR) is 142 cm³/mol. The van der Waals surface area contributed by atoms with Crippen LogP contribution in [-0.2, 0) is 4.84 Å². The summed E-state index contributed by atoms with van der Waals surface area (Å²) in [4.78, 5) is 17.3. The molecule has 3 aliphatic rings. The molecule has 216 valence electrons. The van der Waals surface area contributed by atoms with Crippen molar-refractivity contribution in [3.63, 3.8) is 0 Å². The second kappa shape index (κ2) is 11.6. The molecule has 5 N–H and O–H groups in total. The zero-order valence-electron chi connectivity index (χ0n) is 22.4. The number of aliphatic hydroxyl groups is 3. The fraction of sp³-hybridized carbons (Fsp3) is 0.571. The van der Waals surface area contributed by atoms with Crippen molar-refractivity contribution < 1.29 is 39.9 Å². The number of aromatic carboxylic acids is 1. The van der Waals surface area contributed by atoms with Gasteiger partial charge in [0.15, 0.2) is 5.69 Å². The lowest BCUT2D eigenvalue weighted by Crippen LogP contribution is -2.62. The monoisotopic (exact) mass is 556 g/mol. The third-order valence-corrected chi connectivity index (χ3v) is 8.55. The summed E-state index contributed by atoms with van der Waals surface area (Å²) < 4.78 is 7.55. The first-order valence-corrected chi connectivity index (χ1v) is 13.8. The first-order chi connectivity index (χ1) is 19.3. The maximum absolute atomic E-state index is 12.6.